The monoisotopic (exact) mass is 513 g/mol. The highest BCUT2D eigenvalue weighted by Crippen LogP contribution is 2.28. The van der Waals surface area contributed by atoms with Crippen molar-refractivity contribution in [2.45, 2.75) is 38.6 Å². The fraction of sp³-hybridized carbons (Fsp3) is 0.360. The van der Waals surface area contributed by atoms with E-state index in [1.807, 2.05) is 6.92 Å². The molecule has 11 heteroatoms. The molecule has 0 saturated carbocycles. The second kappa shape index (κ2) is 11.4. The molecular formula is C25H28ClN5O5. The lowest BCUT2D eigenvalue weighted by atomic mass is 9.81. The van der Waals surface area contributed by atoms with Crippen LogP contribution in [0.5, 0.6) is 0 Å². The quantitative estimate of drug-likeness (QED) is 0.270. The minimum Gasteiger partial charge on any atom is -0.462 e. The van der Waals surface area contributed by atoms with Crippen LogP contribution in [0.1, 0.15) is 36.5 Å². The zero-order chi connectivity index (χ0) is 25.7. The molecule has 0 spiro atoms. The van der Waals surface area contributed by atoms with Crippen molar-refractivity contribution in [3.05, 3.63) is 59.1 Å². The summed E-state index contributed by atoms with van der Waals surface area (Å²) >= 11 is 6.02. The molecule has 4 atom stereocenters. The summed E-state index contributed by atoms with van der Waals surface area (Å²) in [5.74, 6) is -3.31. The largest absolute Gasteiger partial charge is 0.462 e. The van der Waals surface area contributed by atoms with Crippen LogP contribution < -0.4 is 26.6 Å². The van der Waals surface area contributed by atoms with Crippen LogP contribution in [0.3, 0.4) is 0 Å². The Balaban J connectivity index is 1.39. The molecule has 2 fully saturated rings. The SMILES string of the molecule is CCCCOC(=O)c1ccc(NC(=O)C2CC(=O)NC3NC(Nc4cccc(Cl)c4)NC(=O)C32)cc1. The van der Waals surface area contributed by atoms with E-state index in [1.165, 1.54) is 0 Å². The van der Waals surface area contributed by atoms with Gasteiger partial charge in [0, 0.05) is 22.8 Å². The van der Waals surface area contributed by atoms with Gasteiger partial charge in [0.15, 0.2) is 6.29 Å². The summed E-state index contributed by atoms with van der Waals surface area (Å²) in [7, 11) is 0. The maximum absolute atomic E-state index is 13.1. The van der Waals surface area contributed by atoms with Crippen LogP contribution in [0.15, 0.2) is 48.5 Å². The van der Waals surface area contributed by atoms with Gasteiger partial charge in [0.2, 0.25) is 17.7 Å². The van der Waals surface area contributed by atoms with Crippen molar-refractivity contribution in [3.63, 3.8) is 0 Å². The molecular weight excluding hydrogens is 486 g/mol. The van der Waals surface area contributed by atoms with Crippen molar-refractivity contribution >= 4 is 46.7 Å². The van der Waals surface area contributed by atoms with Crippen molar-refractivity contribution in [1.82, 2.24) is 16.0 Å². The first-order valence-electron chi connectivity index (χ1n) is 11.8. The molecule has 10 nitrogen and oxygen atoms in total. The van der Waals surface area contributed by atoms with Crippen molar-refractivity contribution in [2.24, 2.45) is 11.8 Å². The Kier molecular flexibility index (Phi) is 8.07. The number of unbranched alkanes of at least 4 members (excludes halogenated alkanes) is 1. The molecule has 2 aromatic rings. The van der Waals surface area contributed by atoms with E-state index in [9.17, 15) is 19.2 Å². The lowest BCUT2D eigenvalue weighted by Crippen LogP contribution is -2.72. The molecule has 0 aromatic heterocycles. The van der Waals surface area contributed by atoms with Gasteiger partial charge in [-0.05, 0) is 48.9 Å². The van der Waals surface area contributed by atoms with Crippen LogP contribution in [0, 0.1) is 11.8 Å². The topological polar surface area (TPSA) is 138 Å². The number of ether oxygens (including phenoxy) is 1. The number of hydrogen-bond donors (Lipinski definition) is 5. The Bertz CT molecular complexity index is 1140. The van der Waals surface area contributed by atoms with Gasteiger partial charge < -0.3 is 26.0 Å². The fourth-order valence-corrected chi connectivity index (χ4v) is 4.41. The Hall–Kier alpha value is -3.63. The number of anilines is 2. The number of piperidine rings is 1. The number of nitrogens with one attached hydrogen (secondary N) is 5. The molecule has 3 amide bonds. The average Bonchev–Trinajstić information content (AvgIpc) is 2.84. The molecule has 2 aliphatic rings. The molecule has 0 bridgehead atoms. The molecule has 0 aliphatic carbocycles. The summed E-state index contributed by atoms with van der Waals surface area (Å²) in [5.41, 5.74) is 1.49. The molecule has 36 heavy (non-hydrogen) atoms. The van der Waals surface area contributed by atoms with Crippen LogP contribution in [0.2, 0.25) is 5.02 Å². The third kappa shape index (κ3) is 6.13. The minimum atomic E-state index is -0.887. The van der Waals surface area contributed by atoms with E-state index in [2.05, 4.69) is 26.6 Å². The summed E-state index contributed by atoms with van der Waals surface area (Å²) < 4.78 is 5.19. The number of carbonyl (C=O) groups is 4. The highest BCUT2D eigenvalue weighted by atomic mass is 35.5. The van der Waals surface area contributed by atoms with Gasteiger partial charge in [-0.2, -0.15) is 0 Å². The second-order valence-corrected chi connectivity index (χ2v) is 9.14. The number of rotatable bonds is 8. The molecule has 2 saturated heterocycles. The van der Waals surface area contributed by atoms with Gasteiger partial charge >= 0.3 is 5.97 Å². The van der Waals surface area contributed by atoms with Gasteiger partial charge in [-0.25, -0.2) is 4.79 Å². The first-order valence-corrected chi connectivity index (χ1v) is 12.2. The van der Waals surface area contributed by atoms with Crippen molar-refractivity contribution in [2.75, 3.05) is 17.2 Å². The van der Waals surface area contributed by atoms with Gasteiger partial charge in [0.25, 0.3) is 0 Å². The number of benzene rings is 2. The second-order valence-electron chi connectivity index (χ2n) is 8.70. The fourth-order valence-electron chi connectivity index (χ4n) is 4.22. The number of fused-ring (bicyclic) bond motifs is 1. The highest BCUT2D eigenvalue weighted by Gasteiger charge is 2.48. The van der Waals surface area contributed by atoms with Gasteiger partial charge in [-0.15, -0.1) is 0 Å². The molecule has 190 valence electrons. The Morgan fingerprint density at radius 3 is 2.58 bits per heavy atom. The molecule has 5 N–H and O–H groups in total. The Morgan fingerprint density at radius 2 is 1.86 bits per heavy atom. The van der Waals surface area contributed by atoms with Crippen molar-refractivity contribution in [1.29, 1.82) is 0 Å². The lowest BCUT2D eigenvalue weighted by Gasteiger charge is -2.43. The number of carbonyl (C=O) groups excluding carboxylic acids is 4. The first kappa shape index (κ1) is 25.5. The van der Waals surface area contributed by atoms with Crippen LogP contribution in [-0.4, -0.2) is 42.8 Å². The highest BCUT2D eigenvalue weighted by molar-refractivity contribution is 6.30. The van der Waals surface area contributed by atoms with Gasteiger partial charge in [-0.1, -0.05) is 31.0 Å². The summed E-state index contributed by atoms with van der Waals surface area (Å²) in [6.07, 6.45) is 0.163. The van der Waals surface area contributed by atoms with Crippen LogP contribution in [0.25, 0.3) is 0 Å². The summed E-state index contributed by atoms with van der Waals surface area (Å²) in [5, 5.41) is 15.1. The zero-order valence-corrected chi connectivity index (χ0v) is 20.4. The van der Waals surface area contributed by atoms with E-state index in [0.29, 0.717) is 28.6 Å². The average molecular weight is 514 g/mol. The molecule has 2 heterocycles. The number of hydrogen-bond acceptors (Lipinski definition) is 7. The number of amides is 3. The lowest BCUT2D eigenvalue weighted by molar-refractivity contribution is -0.144. The normalized spacial score (nSPS) is 23.1. The van der Waals surface area contributed by atoms with Crippen LogP contribution in [0.4, 0.5) is 11.4 Å². The third-order valence-corrected chi connectivity index (χ3v) is 6.28. The van der Waals surface area contributed by atoms with Crippen LogP contribution >= 0.6 is 11.6 Å². The predicted molar refractivity (Wildman–Crippen MR) is 134 cm³/mol. The van der Waals surface area contributed by atoms with Crippen LogP contribution in [-0.2, 0) is 19.1 Å². The standard InChI is InChI=1S/C25H28ClN5O5/c1-2-3-11-36-24(35)14-7-9-16(10-8-14)27-22(33)18-13-19(32)29-21-20(18)23(34)31-25(30-21)28-17-6-4-5-15(26)12-17/h4-10,12,18,20-21,25,28,30H,2-3,11,13H2,1H3,(H,27,33)(H,29,32)(H,31,34). The summed E-state index contributed by atoms with van der Waals surface area (Å²) in [6, 6.07) is 13.3. The van der Waals surface area contributed by atoms with E-state index in [-0.39, 0.29) is 18.2 Å². The maximum atomic E-state index is 13.1. The number of halogens is 1. The molecule has 2 aromatic carbocycles. The molecule has 4 rings (SSSR count). The minimum absolute atomic E-state index is 0.129. The molecule has 2 aliphatic heterocycles. The first-order chi connectivity index (χ1) is 17.3. The van der Waals surface area contributed by atoms with Gasteiger partial charge in [0.05, 0.1) is 30.2 Å². The number of esters is 1. The predicted octanol–water partition coefficient (Wildman–Crippen LogP) is 2.43. The van der Waals surface area contributed by atoms with E-state index < -0.39 is 36.2 Å². The van der Waals surface area contributed by atoms with Gasteiger partial charge in [-0.3, -0.25) is 19.7 Å². The zero-order valence-electron chi connectivity index (χ0n) is 19.7. The molecule has 0 radical (unpaired) electrons. The van der Waals surface area contributed by atoms with E-state index in [0.717, 1.165) is 12.8 Å². The summed E-state index contributed by atoms with van der Waals surface area (Å²) in [6.45, 7) is 2.36. The third-order valence-electron chi connectivity index (χ3n) is 6.04. The Morgan fingerprint density at radius 1 is 1.08 bits per heavy atom. The van der Waals surface area contributed by atoms with E-state index in [1.54, 1.807) is 48.5 Å². The van der Waals surface area contributed by atoms with E-state index in [4.69, 9.17) is 16.3 Å². The van der Waals surface area contributed by atoms with E-state index >= 15 is 0 Å². The maximum Gasteiger partial charge on any atom is 0.338 e. The summed E-state index contributed by atoms with van der Waals surface area (Å²) in [4.78, 5) is 50.5. The van der Waals surface area contributed by atoms with Crippen molar-refractivity contribution in [3.8, 4) is 0 Å². The molecule has 4 unspecified atom stereocenters. The van der Waals surface area contributed by atoms with Crippen molar-refractivity contribution < 1.29 is 23.9 Å². The smallest absolute Gasteiger partial charge is 0.338 e. The Labute approximate surface area is 213 Å². The van der Waals surface area contributed by atoms with Gasteiger partial charge in [0.1, 0.15) is 0 Å².